The fourth-order valence-electron chi connectivity index (χ4n) is 2.11. The number of thioether (sulfide) groups is 1. The molecule has 0 amide bonds. The summed E-state index contributed by atoms with van der Waals surface area (Å²) in [5, 5.41) is 4.37. The quantitative estimate of drug-likeness (QED) is 0.852. The van der Waals surface area contributed by atoms with Gasteiger partial charge in [0.25, 0.3) is 0 Å². The lowest BCUT2D eigenvalue weighted by Crippen LogP contribution is -2.43. The van der Waals surface area contributed by atoms with Crippen LogP contribution in [0.5, 0.6) is 0 Å². The highest BCUT2D eigenvalue weighted by molar-refractivity contribution is 9.10. The predicted octanol–water partition coefficient (Wildman–Crippen LogP) is 4.48. The van der Waals surface area contributed by atoms with Gasteiger partial charge >= 0.3 is 0 Å². The Balaban J connectivity index is 1.85. The van der Waals surface area contributed by atoms with Gasteiger partial charge < -0.3 is 5.32 Å². The molecule has 1 aliphatic rings. The molecule has 0 bridgehead atoms. The summed E-state index contributed by atoms with van der Waals surface area (Å²) in [5.74, 6) is 0. The summed E-state index contributed by atoms with van der Waals surface area (Å²) in [6.07, 6.45) is 6.28. The molecule has 1 aliphatic carbocycles. The molecule has 2 rings (SSSR count). The van der Waals surface area contributed by atoms with Gasteiger partial charge in [-0.25, -0.2) is 0 Å². The van der Waals surface area contributed by atoms with Crippen molar-refractivity contribution in [2.45, 2.75) is 30.6 Å². The number of nitrogens with one attached hydrogen (secondary N) is 1. The van der Waals surface area contributed by atoms with Crippen molar-refractivity contribution in [2.24, 2.45) is 0 Å². The van der Waals surface area contributed by atoms with Crippen LogP contribution < -0.4 is 5.32 Å². The van der Waals surface area contributed by atoms with Crippen LogP contribution in [0, 0.1) is 0 Å². The van der Waals surface area contributed by atoms with Crippen LogP contribution in [0.4, 0.5) is 0 Å². The smallest absolute Gasteiger partial charge is 0.0462 e. The summed E-state index contributed by atoms with van der Waals surface area (Å²) in [6, 6.07) is 6.06. The first kappa shape index (κ1) is 13.7. The van der Waals surface area contributed by atoms with Crippen LogP contribution in [0.25, 0.3) is 0 Å². The highest BCUT2D eigenvalue weighted by Crippen LogP contribution is 2.42. The maximum Gasteiger partial charge on any atom is 0.0462 e. The number of halogens is 2. The van der Waals surface area contributed by atoms with Crippen LogP contribution in [0.15, 0.2) is 22.7 Å². The van der Waals surface area contributed by atoms with E-state index in [1.807, 2.05) is 23.9 Å². The molecule has 0 aliphatic heterocycles. The van der Waals surface area contributed by atoms with E-state index in [0.717, 1.165) is 22.6 Å². The molecule has 0 aromatic heterocycles. The van der Waals surface area contributed by atoms with Gasteiger partial charge in [0.1, 0.15) is 0 Å². The SMILES string of the molecule is CSC1(CNCc2ccc(Br)cc2Cl)CCC1. The first-order chi connectivity index (χ1) is 8.15. The van der Waals surface area contributed by atoms with Crippen LogP contribution in [0.3, 0.4) is 0 Å². The first-order valence-electron chi connectivity index (χ1n) is 5.85. The molecule has 1 aromatic carbocycles. The summed E-state index contributed by atoms with van der Waals surface area (Å²) in [5.41, 5.74) is 1.17. The van der Waals surface area contributed by atoms with Gasteiger partial charge in [0.15, 0.2) is 0 Å². The van der Waals surface area contributed by atoms with Gasteiger partial charge in [-0.1, -0.05) is 40.0 Å². The van der Waals surface area contributed by atoms with Gasteiger partial charge in [-0.05, 0) is 36.8 Å². The Morgan fingerprint density at radius 2 is 2.24 bits per heavy atom. The third-order valence-corrected chi connectivity index (χ3v) is 5.74. The zero-order valence-electron chi connectivity index (χ0n) is 9.93. The minimum absolute atomic E-state index is 0.488. The first-order valence-corrected chi connectivity index (χ1v) is 8.25. The third-order valence-electron chi connectivity index (χ3n) is 3.48. The molecule has 1 aromatic rings. The maximum atomic E-state index is 6.19. The molecule has 1 saturated carbocycles. The van der Waals surface area contributed by atoms with Gasteiger partial charge in [-0.15, -0.1) is 0 Å². The molecule has 4 heteroatoms. The Hall–Kier alpha value is 0.300. The second kappa shape index (κ2) is 5.96. The largest absolute Gasteiger partial charge is 0.311 e. The van der Waals surface area contributed by atoms with E-state index in [0.29, 0.717) is 4.75 Å². The van der Waals surface area contributed by atoms with Crippen molar-refractivity contribution < 1.29 is 0 Å². The van der Waals surface area contributed by atoms with E-state index >= 15 is 0 Å². The predicted molar refractivity (Wildman–Crippen MR) is 81.0 cm³/mol. The summed E-state index contributed by atoms with van der Waals surface area (Å²) in [6.45, 7) is 1.94. The molecule has 1 fully saturated rings. The molecule has 1 N–H and O–H groups in total. The highest BCUT2D eigenvalue weighted by atomic mass is 79.9. The fraction of sp³-hybridized carbons (Fsp3) is 0.538. The molecule has 0 spiro atoms. The van der Waals surface area contributed by atoms with Gasteiger partial charge in [-0.3, -0.25) is 0 Å². The van der Waals surface area contributed by atoms with Crippen LogP contribution in [0.2, 0.25) is 5.02 Å². The lowest BCUT2D eigenvalue weighted by atomic mass is 9.84. The molecule has 0 radical (unpaired) electrons. The Bertz CT molecular complexity index is 387. The molecular weight excluding hydrogens is 318 g/mol. The topological polar surface area (TPSA) is 12.0 Å². The van der Waals surface area contributed by atoms with Gasteiger partial charge in [0.2, 0.25) is 0 Å². The van der Waals surface area contributed by atoms with Crippen molar-refractivity contribution in [2.75, 3.05) is 12.8 Å². The molecule has 0 unspecified atom stereocenters. The lowest BCUT2D eigenvalue weighted by molar-refractivity contribution is 0.345. The summed E-state index contributed by atoms with van der Waals surface area (Å²) in [7, 11) is 0. The van der Waals surface area contributed by atoms with E-state index in [9.17, 15) is 0 Å². The van der Waals surface area contributed by atoms with Gasteiger partial charge in [0, 0.05) is 27.3 Å². The monoisotopic (exact) mass is 333 g/mol. The minimum Gasteiger partial charge on any atom is -0.311 e. The van der Waals surface area contributed by atoms with Crippen molar-refractivity contribution in [3.05, 3.63) is 33.3 Å². The normalized spacial score (nSPS) is 17.8. The zero-order valence-corrected chi connectivity index (χ0v) is 13.1. The van der Waals surface area contributed by atoms with E-state index in [-0.39, 0.29) is 0 Å². The molecule has 0 heterocycles. The molecular formula is C13H17BrClNS. The molecule has 94 valence electrons. The standard InChI is InChI=1S/C13H17BrClNS/c1-17-13(5-2-6-13)9-16-8-10-3-4-11(14)7-12(10)15/h3-4,7,16H,2,5-6,8-9H2,1H3. The van der Waals surface area contributed by atoms with E-state index < -0.39 is 0 Å². The number of benzene rings is 1. The van der Waals surface area contributed by atoms with Crippen molar-refractivity contribution in [1.29, 1.82) is 0 Å². The fourth-order valence-corrected chi connectivity index (χ4v) is 3.80. The van der Waals surface area contributed by atoms with Crippen LogP contribution in [-0.2, 0) is 6.54 Å². The Morgan fingerprint density at radius 3 is 2.76 bits per heavy atom. The Kier molecular flexibility index (Phi) is 4.81. The second-order valence-corrected chi connectivity index (χ2v) is 7.18. The average molecular weight is 335 g/mol. The zero-order chi connectivity index (χ0) is 12.3. The van der Waals surface area contributed by atoms with E-state index in [2.05, 4.69) is 33.6 Å². The summed E-state index contributed by atoms with van der Waals surface area (Å²) in [4.78, 5) is 0. The third kappa shape index (κ3) is 3.40. The number of hydrogen-bond donors (Lipinski definition) is 1. The lowest BCUT2D eigenvalue weighted by Gasteiger charge is -2.40. The van der Waals surface area contributed by atoms with Gasteiger partial charge in [-0.2, -0.15) is 11.8 Å². The Morgan fingerprint density at radius 1 is 1.47 bits per heavy atom. The van der Waals surface area contributed by atoms with E-state index in [1.54, 1.807) is 0 Å². The van der Waals surface area contributed by atoms with Crippen molar-refractivity contribution in [1.82, 2.24) is 5.32 Å². The number of rotatable bonds is 5. The van der Waals surface area contributed by atoms with E-state index in [1.165, 1.54) is 24.8 Å². The second-order valence-electron chi connectivity index (χ2n) is 4.58. The summed E-state index contributed by atoms with van der Waals surface area (Å²) >= 11 is 11.6. The summed E-state index contributed by atoms with van der Waals surface area (Å²) < 4.78 is 1.52. The number of hydrogen-bond acceptors (Lipinski definition) is 2. The van der Waals surface area contributed by atoms with E-state index in [4.69, 9.17) is 11.6 Å². The Labute approximate surface area is 121 Å². The highest BCUT2D eigenvalue weighted by Gasteiger charge is 2.35. The molecule has 17 heavy (non-hydrogen) atoms. The van der Waals surface area contributed by atoms with Gasteiger partial charge in [0.05, 0.1) is 0 Å². The molecule has 0 saturated heterocycles. The molecule has 0 atom stereocenters. The van der Waals surface area contributed by atoms with Crippen molar-refractivity contribution in [3.8, 4) is 0 Å². The van der Waals surface area contributed by atoms with Crippen LogP contribution in [-0.4, -0.2) is 17.5 Å². The van der Waals surface area contributed by atoms with Crippen LogP contribution >= 0.6 is 39.3 Å². The van der Waals surface area contributed by atoms with Crippen molar-refractivity contribution in [3.63, 3.8) is 0 Å². The average Bonchev–Trinajstić information content (AvgIpc) is 2.25. The molecule has 1 nitrogen and oxygen atoms in total. The van der Waals surface area contributed by atoms with Crippen LogP contribution in [0.1, 0.15) is 24.8 Å². The maximum absolute atomic E-state index is 6.19. The van der Waals surface area contributed by atoms with Crippen molar-refractivity contribution >= 4 is 39.3 Å². The minimum atomic E-state index is 0.488.